The normalized spacial score (nSPS) is 10.9. The predicted octanol–water partition coefficient (Wildman–Crippen LogP) is 5.72. The molecular weight excluding hydrogens is 477 g/mol. The van der Waals surface area contributed by atoms with Crippen LogP contribution in [0, 0.1) is 0 Å². The lowest BCUT2D eigenvalue weighted by Crippen LogP contribution is -2.16. The summed E-state index contributed by atoms with van der Waals surface area (Å²) in [6, 6.07) is 9.25. The first-order valence-electron chi connectivity index (χ1n) is 9.16. The number of nitrogens with one attached hydrogen (secondary N) is 1. The summed E-state index contributed by atoms with van der Waals surface area (Å²) >= 11 is 15.8. The molecule has 0 saturated heterocycles. The van der Waals surface area contributed by atoms with E-state index in [1.807, 2.05) is 30.7 Å². The van der Waals surface area contributed by atoms with Crippen LogP contribution in [0.25, 0.3) is 0 Å². The van der Waals surface area contributed by atoms with Crippen LogP contribution in [0.15, 0.2) is 53.5 Å². The van der Waals surface area contributed by atoms with E-state index in [-0.39, 0.29) is 0 Å². The van der Waals surface area contributed by atoms with Gasteiger partial charge < -0.3 is 19.4 Å². The van der Waals surface area contributed by atoms with Crippen molar-refractivity contribution in [1.29, 1.82) is 0 Å². The fraction of sp³-hybridized carbons (Fsp3) is 0.286. The van der Waals surface area contributed by atoms with Gasteiger partial charge in [-0.25, -0.2) is 4.98 Å². The topological polar surface area (TPSA) is 48.3 Å². The van der Waals surface area contributed by atoms with Gasteiger partial charge in [0.2, 0.25) is 0 Å². The van der Waals surface area contributed by atoms with E-state index in [0.717, 1.165) is 41.7 Å². The maximum absolute atomic E-state index is 6.22. The average molecular weight is 499 g/mol. The zero-order chi connectivity index (χ0) is 20.6. The summed E-state index contributed by atoms with van der Waals surface area (Å²) < 4.78 is 14.5. The van der Waals surface area contributed by atoms with Crippen LogP contribution >= 0.6 is 39.1 Å². The maximum atomic E-state index is 6.22. The second kappa shape index (κ2) is 10.9. The molecule has 0 radical (unpaired) electrons. The molecule has 0 aliphatic carbocycles. The number of methoxy groups -OCH3 is 1. The van der Waals surface area contributed by atoms with Crippen LogP contribution in [0.5, 0.6) is 11.5 Å². The van der Waals surface area contributed by atoms with Crippen LogP contribution < -0.4 is 14.8 Å². The highest BCUT2D eigenvalue weighted by molar-refractivity contribution is 9.10. The van der Waals surface area contributed by atoms with Crippen LogP contribution in [0.1, 0.15) is 17.5 Å². The lowest BCUT2D eigenvalue weighted by atomic mass is 10.2. The molecule has 0 aliphatic heterocycles. The Hall–Kier alpha value is -1.73. The van der Waals surface area contributed by atoms with Crippen molar-refractivity contribution >= 4 is 39.1 Å². The minimum absolute atomic E-state index is 0.324. The second-order valence-electron chi connectivity index (χ2n) is 6.45. The summed E-state index contributed by atoms with van der Waals surface area (Å²) in [4.78, 5) is 4.05. The Bertz CT molecular complexity index is 936. The van der Waals surface area contributed by atoms with Crippen molar-refractivity contribution < 1.29 is 9.47 Å². The van der Waals surface area contributed by atoms with Crippen LogP contribution in [0.3, 0.4) is 0 Å². The van der Waals surface area contributed by atoms with Crippen molar-refractivity contribution in [2.24, 2.45) is 0 Å². The minimum atomic E-state index is 0.324. The van der Waals surface area contributed by atoms with Crippen LogP contribution in [0.4, 0.5) is 0 Å². The number of aryl methyl sites for hydroxylation is 1. The molecule has 3 aromatic rings. The number of hydrogen-bond donors (Lipinski definition) is 1. The molecule has 5 nitrogen and oxygen atoms in total. The summed E-state index contributed by atoms with van der Waals surface area (Å²) in [5.41, 5.74) is 1.96. The monoisotopic (exact) mass is 497 g/mol. The summed E-state index contributed by atoms with van der Waals surface area (Å²) in [7, 11) is 1.63. The highest BCUT2D eigenvalue weighted by atomic mass is 79.9. The maximum Gasteiger partial charge on any atom is 0.162 e. The van der Waals surface area contributed by atoms with Crippen molar-refractivity contribution in [2.45, 2.75) is 26.1 Å². The summed E-state index contributed by atoms with van der Waals surface area (Å²) in [6.07, 6.45) is 6.62. The van der Waals surface area contributed by atoms with Gasteiger partial charge in [0, 0.05) is 45.6 Å². The van der Waals surface area contributed by atoms with E-state index in [0.29, 0.717) is 28.2 Å². The number of aromatic nitrogens is 2. The fourth-order valence-electron chi connectivity index (χ4n) is 2.81. The van der Waals surface area contributed by atoms with E-state index in [2.05, 4.69) is 30.8 Å². The Morgan fingerprint density at radius 1 is 1.14 bits per heavy atom. The zero-order valence-corrected chi connectivity index (χ0v) is 19.1. The van der Waals surface area contributed by atoms with Gasteiger partial charge >= 0.3 is 0 Å². The molecule has 3 rings (SSSR count). The molecule has 8 heteroatoms. The van der Waals surface area contributed by atoms with Gasteiger partial charge in [-0.05, 0) is 42.8 Å². The number of rotatable bonds is 10. The van der Waals surface area contributed by atoms with Crippen molar-refractivity contribution in [2.75, 3.05) is 13.7 Å². The van der Waals surface area contributed by atoms with Crippen molar-refractivity contribution in [3.05, 3.63) is 74.7 Å². The minimum Gasteiger partial charge on any atom is -0.493 e. The van der Waals surface area contributed by atoms with Gasteiger partial charge in [0.05, 0.1) is 13.4 Å². The highest BCUT2D eigenvalue weighted by Gasteiger charge is 2.11. The molecule has 0 unspecified atom stereocenters. The highest BCUT2D eigenvalue weighted by Crippen LogP contribution is 2.34. The van der Waals surface area contributed by atoms with Gasteiger partial charge in [0.1, 0.15) is 6.61 Å². The first-order valence-corrected chi connectivity index (χ1v) is 10.7. The van der Waals surface area contributed by atoms with E-state index in [9.17, 15) is 0 Å². The van der Waals surface area contributed by atoms with Gasteiger partial charge in [-0.2, -0.15) is 0 Å². The molecule has 0 atom stereocenters. The number of ether oxygens (including phenoxy) is 2. The second-order valence-corrected chi connectivity index (χ2v) is 8.15. The molecule has 0 amide bonds. The van der Waals surface area contributed by atoms with Crippen molar-refractivity contribution in [3.8, 4) is 11.5 Å². The third kappa shape index (κ3) is 6.37. The van der Waals surface area contributed by atoms with E-state index in [1.54, 1.807) is 25.4 Å². The molecule has 154 valence electrons. The molecule has 29 heavy (non-hydrogen) atoms. The number of halogens is 3. The molecular formula is C21H22BrCl2N3O2. The SMILES string of the molecule is COc1cc(CNCCCn2ccnc2)c(Br)cc1OCc1ccc(Cl)cc1Cl. The lowest BCUT2D eigenvalue weighted by molar-refractivity contribution is 0.284. The van der Waals surface area contributed by atoms with E-state index in [4.69, 9.17) is 32.7 Å². The van der Waals surface area contributed by atoms with Gasteiger partial charge in [0.25, 0.3) is 0 Å². The van der Waals surface area contributed by atoms with Gasteiger partial charge in [-0.1, -0.05) is 45.2 Å². The molecule has 1 aromatic heterocycles. The quantitative estimate of drug-likeness (QED) is 0.363. The third-order valence-electron chi connectivity index (χ3n) is 4.38. The molecule has 1 heterocycles. The Morgan fingerprint density at radius 3 is 2.72 bits per heavy atom. The molecule has 0 fully saturated rings. The zero-order valence-electron chi connectivity index (χ0n) is 16.0. The van der Waals surface area contributed by atoms with Gasteiger partial charge in [-0.15, -0.1) is 0 Å². The Balaban J connectivity index is 1.56. The molecule has 1 N–H and O–H groups in total. The van der Waals surface area contributed by atoms with Crippen molar-refractivity contribution in [3.63, 3.8) is 0 Å². The third-order valence-corrected chi connectivity index (χ3v) is 5.70. The fourth-order valence-corrected chi connectivity index (χ4v) is 3.73. The summed E-state index contributed by atoms with van der Waals surface area (Å²) in [6.45, 7) is 2.90. The molecule has 0 spiro atoms. The average Bonchev–Trinajstić information content (AvgIpc) is 3.22. The number of imidazole rings is 1. The number of nitrogens with zero attached hydrogens (tertiary/aromatic N) is 2. The number of hydrogen-bond acceptors (Lipinski definition) is 4. The summed E-state index contributed by atoms with van der Waals surface area (Å²) in [5, 5.41) is 4.63. The Kier molecular flexibility index (Phi) is 8.24. The van der Waals surface area contributed by atoms with Gasteiger partial charge in [-0.3, -0.25) is 0 Å². The van der Waals surface area contributed by atoms with Crippen LogP contribution in [-0.4, -0.2) is 23.2 Å². The van der Waals surface area contributed by atoms with Crippen LogP contribution in [-0.2, 0) is 19.7 Å². The Labute approximate surface area is 189 Å². The van der Waals surface area contributed by atoms with Crippen molar-refractivity contribution in [1.82, 2.24) is 14.9 Å². The largest absolute Gasteiger partial charge is 0.493 e. The predicted molar refractivity (Wildman–Crippen MR) is 120 cm³/mol. The first kappa shape index (κ1) is 22.0. The van der Waals surface area contributed by atoms with E-state index >= 15 is 0 Å². The lowest BCUT2D eigenvalue weighted by Gasteiger charge is -2.15. The first-order chi connectivity index (χ1) is 14.1. The van der Waals surface area contributed by atoms with Crippen LogP contribution in [0.2, 0.25) is 10.0 Å². The van der Waals surface area contributed by atoms with Gasteiger partial charge in [0.15, 0.2) is 11.5 Å². The Morgan fingerprint density at radius 2 is 2.00 bits per heavy atom. The molecule has 2 aromatic carbocycles. The molecule has 0 bridgehead atoms. The molecule has 0 aliphatic rings. The van der Waals surface area contributed by atoms with E-state index < -0.39 is 0 Å². The number of benzene rings is 2. The summed E-state index contributed by atoms with van der Waals surface area (Å²) in [5.74, 6) is 1.32. The smallest absolute Gasteiger partial charge is 0.162 e. The van der Waals surface area contributed by atoms with E-state index in [1.165, 1.54) is 0 Å². The molecule has 0 saturated carbocycles. The standard InChI is InChI=1S/C21H22BrCl2N3O2/c1-28-20-9-16(12-25-5-2-7-27-8-6-26-14-27)18(22)11-21(20)29-13-15-3-4-17(23)10-19(15)24/h3-4,6,8-11,14,25H,2,5,7,12-13H2,1H3.